The van der Waals surface area contributed by atoms with Crippen LogP contribution in [0.2, 0.25) is 0 Å². The maximum atomic E-state index is 12.6. The summed E-state index contributed by atoms with van der Waals surface area (Å²) in [4.78, 5) is 27.9. The largest absolute Gasteiger partial charge is 0.472 e. The minimum absolute atomic E-state index is 0.00406. The molecule has 0 saturated carbocycles. The van der Waals surface area contributed by atoms with E-state index in [-0.39, 0.29) is 11.8 Å². The molecule has 6 heteroatoms. The Balaban J connectivity index is 1.32. The first-order chi connectivity index (χ1) is 14.5. The lowest BCUT2D eigenvalue weighted by Gasteiger charge is -2.16. The molecule has 1 N–H and O–H groups in total. The predicted molar refractivity (Wildman–Crippen MR) is 120 cm³/mol. The number of hydrogen-bond donors (Lipinski definition) is 1. The maximum absolute atomic E-state index is 12.6. The van der Waals surface area contributed by atoms with Crippen molar-refractivity contribution in [1.82, 2.24) is 0 Å². The van der Waals surface area contributed by atoms with E-state index in [4.69, 9.17) is 4.42 Å². The van der Waals surface area contributed by atoms with Crippen molar-refractivity contribution < 1.29 is 14.0 Å². The van der Waals surface area contributed by atoms with Crippen molar-refractivity contribution in [3.8, 4) is 0 Å². The summed E-state index contributed by atoms with van der Waals surface area (Å²) in [6, 6.07) is 13.8. The Kier molecular flexibility index (Phi) is 5.95. The highest BCUT2D eigenvalue weighted by molar-refractivity contribution is 7.99. The molecule has 1 aliphatic heterocycles. The van der Waals surface area contributed by atoms with Crippen LogP contribution < -0.4 is 10.2 Å². The zero-order valence-electron chi connectivity index (χ0n) is 17.1. The number of thioether (sulfide) groups is 1. The first kappa shape index (κ1) is 20.3. The number of furan rings is 1. The molecule has 0 atom stereocenters. The standard InChI is InChI=1S/C24H24N2O3S/c1-16-3-5-21(13-17(16)2)30-12-9-23(27)25-20-4-6-22-18(14-20)7-10-26(22)24(28)19-8-11-29-15-19/h3-6,8,11,13-15H,7,9-10,12H2,1-2H3,(H,25,27). The summed E-state index contributed by atoms with van der Waals surface area (Å²) in [7, 11) is 0. The molecule has 30 heavy (non-hydrogen) atoms. The van der Waals surface area contributed by atoms with Crippen molar-refractivity contribution in [2.24, 2.45) is 0 Å². The van der Waals surface area contributed by atoms with E-state index in [0.29, 0.717) is 18.5 Å². The topological polar surface area (TPSA) is 62.6 Å². The Labute approximate surface area is 180 Å². The summed E-state index contributed by atoms with van der Waals surface area (Å²) in [6.45, 7) is 4.83. The Morgan fingerprint density at radius 1 is 1.10 bits per heavy atom. The van der Waals surface area contributed by atoms with Crippen LogP contribution in [0.1, 0.15) is 33.5 Å². The zero-order chi connectivity index (χ0) is 21.1. The number of anilines is 2. The number of amides is 2. The highest BCUT2D eigenvalue weighted by atomic mass is 32.2. The number of carbonyl (C=O) groups excluding carboxylic acids is 2. The summed E-state index contributed by atoms with van der Waals surface area (Å²) in [5.41, 5.74) is 5.81. The van der Waals surface area contributed by atoms with Gasteiger partial charge in [-0.05, 0) is 73.4 Å². The lowest BCUT2D eigenvalue weighted by atomic mass is 10.1. The molecule has 0 bridgehead atoms. The van der Waals surface area contributed by atoms with Crippen LogP contribution in [0.15, 0.2) is 64.3 Å². The van der Waals surface area contributed by atoms with Gasteiger partial charge < -0.3 is 14.6 Å². The summed E-state index contributed by atoms with van der Waals surface area (Å²) in [5.74, 6) is 0.657. The van der Waals surface area contributed by atoms with Gasteiger partial charge in [0.15, 0.2) is 0 Å². The van der Waals surface area contributed by atoms with Gasteiger partial charge in [0.25, 0.3) is 5.91 Å². The second-order valence-electron chi connectivity index (χ2n) is 7.46. The molecule has 0 radical (unpaired) electrons. The van der Waals surface area contributed by atoms with Gasteiger partial charge in [0.2, 0.25) is 5.91 Å². The van der Waals surface area contributed by atoms with Crippen LogP contribution in [-0.4, -0.2) is 24.1 Å². The fourth-order valence-electron chi connectivity index (χ4n) is 3.52. The minimum Gasteiger partial charge on any atom is -0.472 e. The van der Waals surface area contributed by atoms with Gasteiger partial charge in [-0.25, -0.2) is 0 Å². The van der Waals surface area contributed by atoms with Gasteiger partial charge in [-0.2, -0.15) is 0 Å². The molecule has 2 aromatic carbocycles. The Morgan fingerprint density at radius 2 is 1.97 bits per heavy atom. The van der Waals surface area contributed by atoms with Gasteiger partial charge in [-0.1, -0.05) is 6.07 Å². The number of hydrogen-bond acceptors (Lipinski definition) is 4. The molecular formula is C24H24N2O3S. The van der Waals surface area contributed by atoms with E-state index in [9.17, 15) is 9.59 Å². The summed E-state index contributed by atoms with van der Waals surface area (Å²) in [6.07, 6.45) is 4.18. The summed E-state index contributed by atoms with van der Waals surface area (Å²) < 4.78 is 5.02. The molecule has 5 nitrogen and oxygen atoms in total. The van der Waals surface area contributed by atoms with E-state index in [1.165, 1.54) is 28.5 Å². The van der Waals surface area contributed by atoms with Crippen LogP contribution in [0.3, 0.4) is 0 Å². The zero-order valence-corrected chi connectivity index (χ0v) is 17.9. The van der Waals surface area contributed by atoms with Crippen molar-refractivity contribution in [2.75, 3.05) is 22.5 Å². The average molecular weight is 421 g/mol. The molecule has 0 fully saturated rings. The van der Waals surface area contributed by atoms with E-state index < -0.39 is 0 Å². The van der Waals surface area contributed by atoms with E-state index in [2.05, 4.69) is 37.4 Å². The minimum atomic E-state index is -0.0670. The van der Waals surface area contributed by atoms with Gasteiger partial charge in [-0.15, -0.1) is 11.8 Å². The molecule has 2 heterocycles. The van der Waals surface area contributed by atoms with E-state index in [1.54, 1.807) is 22.7 Å². The van der Waals surface area contributed by atoms with Crippen molar-refractivity contribution in [2.45, 2.75) is 31.6 Å². The van der Waals surface area contributed by atoms with Crippen molar-refractivity contribution in [3.63, 3.8) is 0 Å². The van der Waals surface area contributed by atoms with Gasteiger partial charge >= 0.3 is 0 Å². The van der Waals surface area contributed by atoms with Crippen LogP contribution in [0.25, 0.3) is 0 Å². The molecular weight excluding hydrogens is 396 g/mol. The van der Waals surface area contributed by atoms with Crippen molar-refractivity contribution in [1.29, 1.82) is 0 Å². The van der Waals surface area contributed by atoms with Crippen LogP contribution in [0.4, 0.5) is 11.4 Å². The Hall–Kier alpha value is -2.99. The van der Waals surface area contributed by atoms with Crippen LogP contribution >= 0.6 is 11.8 Å². The van der Waals surface area contributed by atoms with Gasteiger partial charge in [-0.3, -0.25) is 9.59 Å². The second-order valence-corrected chi connectivity index (χ2v) is 8.62. The molecule has 2 amide bonds. The lowest BCUT2D eigenvalue weighted by molar-refractivity contribution is -0.115. The highest BCUT2D eigenvalue weighted by Crippen LogP contribution is 2.32. The summed E-state index contributed by atoms with van der Waals surface area (Å²) >= 11 is 1.69. The van der Waals surface area contributed by atoms with E-state index in [0.717, 1.165) is 29.1 Å². The molecule has 0 aliphatic carbocycles. The molecule has 3 aromatic rings. The predicted octanol–water partition coefficient (Wildman–Crippen LogP) is 5.22. The fraction of sp³-hybridized carbons (Fsp3) is 0.250. The van der Waals surface area contributed by atoms with Gasteiger partial charge in [0.05, 0.1) is 11.8 Å². The molecule has 0 saturated heterocycles. The van der Waals surface area contributed by atoms with E-state index in [1.807, 2.05) is 18.2 Å². The lowest BCUT2D eigenvalue weighted by Crippen LogP contribution is -2.28. The molecule has 0 unspecified atom stereocenters. The third kappa shape index (κ3) is 4.44. The summed E-state index contributed by atoms with van der Waals surface area (Å²) in [5, 5.41) is 2.98. The molecule has 1 aromatic heterocycles. The van der Waals surface area contributed by atoms with Gasteiger partial charge in [0, 0.05) is 35.0 Å². The maximum Gasteiger partial charge on any atom is 0.261 e. The van der Waals surface area contributed by atoms with Crippen molar-refractivity contribution in [3.05, 3.63) is 77.2 Å². The number of nitrogens with zero attached hydrogens (tertiary/aromatic N) is 1. The van der Waals surface area contributed by atoms with E-state index >= 15 is 0 Å². The van der Waals surface area contributed by atoms with Gasteiger partial charge in [0.1, 0.15) is 6.26 Å². The average Bonchev–Trinajstić information content (AvgIpc) is 3.40. The molecule has 4 rings (SSSR count). The third-order valence-corrected chi connectivity index (χ3v) is 6.34. The molecule has 154 valence electrons. The molecule has 1 aliphatic rings. The van der Waals surface area contributed by atoms with Crippen molar-refractivity contribution >= 4 is 35.0 Å². The van der Waals surface area contributed by atoms with Crippen LogP contribution in [0, 0.1) is 13.8 Å². The Morgan fingerprint density at radius 3 is 2.73 bits per heavy atom. The number of nitrogens with one attached hydrogen (secondary N) is 1. The first-order valence-corrected chi connectivity index (χ1v) is 11.0. The molecule has 0 spiro atoms. The van der Waals surface area contributed by atoms with Crippen LogP contribution in [-0.2, 0) is 11.2 Å². The first-order valence-electron chi connectivity index (χ1n) is 9.98. The highest BCUT2D eigenvalue weighted by Gasteiger charge is 2.26. The van der Waals surface area contributed by atoms with Crippen LogP contribution in [0.5, 0.6) is 0 Å². The number of fused-ring (bicyclic) bond motifs is 1. The second kappa shape index (κ2) is 8.79. The normalized spacial score (nSPS) is 12.7. The Bertz CT molecular complexity index is 1080. The number of benzene rings is 2. The number of rotatable bonds is 6. The SMILES string of the molecule is Cc1ccc(SCCC(=O)Nc2ccc3c(c2)CCN3C(=O)c2ccoc2)cc1C. The smallest absolute Gasteiger partial charge is 0.261 e. The quantitative estimate of drug-likeness (QED) is 0.555. The fourth-order valence-corrected chi connectivity index (χ4v) is 4.47. The monoisotopic (exact) mass is 420 g/mol. The third-order valence-electron chi connectivity index (χ3n) is 5.35. The number of carbonyl (C=O) groups is 2. The number of aryl methyl sites for hydroxylation is 2.